The van der Waals surface area contributed by atoms with Crippen LogP contribution in [0, 0.1) is 0 Å². The van der Waals surface area contributed by atoms with Crippen molar-refractivity contribution in [3.63, 3.8) is 0 Å². The summed E-state index contributed by atoms with van der Waals surface area (Å²) in [6, 6.07) is 10.2. The van der Waals surface area contributed by atoms with E-state index in [4.69, 9.17) is 4.74 Å². The average molecular weight is 229 g/mol. The number of hydrogen-bond acceptors (Lipinski definition) is 3. The fourth-order valence-corrected chi connectivity index (χ4v) is 2.01. The Hall–Kier alpha value is -1.81. The van der Waals surface area contributed by atoms with Gasteiger partial charge in [0.05, 0.1) is 25.1 Å². The lowest BCUT2D eigenvalue weighted by molar-refractivity contribution is 0.122. The molecule has 2 aromatic rings. The number of nitrogens with zero attached hydrogens (tertiary/aromatic N) is 2. The highest BCUT2D eigenvalue weighted by molar-refractivity contribution is 5.60. The Labute approximate surface area is 100 Å². The Morgan fingerprint density at radius 1 is 1.12 bits per heavy atom. The molecule has 0 aliphatic carbocycles. The zero-order valence-electron chi connectivity index (χ0n) is 9.60. The lowest BCUT2D eigenvalue weighted by Gasteiger charge is -2.26. The first-order chi connectivity index (χ1) is 8.43. The highest BCUT2D eigenvalue weighted by Gasteiger charge is 2.14. The molecule has 1 aromatic carbocycles. The van der Waals surface area contributed by atoms with Gasteiger partial charge in [-0.3, -0.25) is 0 Å². The Balaban J connectivity index is 1.83. The molecular formula is C13H15N3O. The fraction of sp³-hybridized carbons (Fsp3) is 0.308. The third kappa shape index (κ3) is 2.17. The van der Waals surface area contributed by atoms with E-state index >= 15 is 0 Å². The molecule has 0 unspecified atom stereocenters. The third-order valence-corrected chi connectivity index (χ3v) is 2.96. The molecule has 0 amide bonds. The van der Waals surface area contributed by atoms with Crippen LogP contribution in [0.4, 0.5) is 5.95 Å². The molecule has 0 spiro atoms. The molecule has 4 heteroatoms. The van der Waals surface area contributed by atoms with E-state index in [0.29, 0.717) is 0 Å². The minimum absolute atomic E-state index is 0.779. The summed E-state index contributed by atoms with van der Waals surface area (Å²) in [6.45, 7) is 3.37. The van der Waals surface area contributed by atoms with E-state index in [0.717, 1.165) is 37.9 Å². The van der Waals surface area contributed by atoms with Gasteiger partial charge in [0, 0.05) is 13.1 Å². The van der Waals surface area contributed by atoms with Crippen molar-refractivity contribution in [3.8, 4) is 11.3 Å². The van der Waals surface area contributed by atoms with Crippen LogP contribution in [0.1, 0.15) is 0 Å². The smallest absolute Gasteiger partial charge is 0.203 e. The van der Waals surface area contributed by atoms with Gasteiger partial charge in [-0.25, -0.2) is 4.98 Å². The van der Waals surface area contributed by atoms with Crippen molar-refractivity contribution in [2.75, 3.05) is 31.2 Å². The van der Waals surface area contributed by atoms with Crippen LogP contribution in [0.25, 0.3) is 11.3 Å². The monoisotopic (exact) mass is 229 g/mol. The van der Waals surface area contributed by atoms with Crippen molar-refractivity contribution in [2.24, 2.45) is 0 Å². The minimum Gasteiger partial charge on any atom is -0.378 e. The Morgan fingerprint density at radius 3 is 2.65 bits per heavy atom. The maximum Gasteiger partial charge on any atom is 0.203 e. The number of morpholine rings is 1. The molecule has 17 heavy (non-hydrogen) atoms. The molecular weight excluding hydrogens is 214 g/mol. The molecule has 1 fully saturated rings. The normalized spacial score (nSPS) is 16.1. The molecule has 1 saturated heterocycles. The largest absolute Gasteiger partial charge is 0.378 e. The summed E-state index contributed by atoms with van der Waals surface area (Å²) in [4.78, 5) is 10.0. The minimum atomic E-state index is 0.779. The van der Waals surface area contributed by atoms with Crippen LogP contribution < -0.4 is 4.90 Å². The molecule has 0 saturated carbocycles. The topological polar surface area (TPSA) is 41.2 Å². The van der Waals surface area contributed by atoms with Crippen LogP contribution in [0.15, 0.2) is 36.5 Å². The summed E-state index contributed by atoms with van der Waals surface area (Å²) in [5, 5.41) is 0. The van der Waals surface area contributed by atoms with Crippen molar-refractivity contribution in [3.05, 3.63) is 36.5 Å². The van der Waals surface area contributed by atoms with E-state index < -0.39 is 0 Å². The van der Waals surface area contributed by atoms with Crippen LogP contribution in [0.3, 0.4) is 0 Å². The van der Waals surface area contributed by atoms with Gasteiger partial charge in [-0.05, 0) is 5.56 Å². The Bertz CT molecular complexity index is 474. The SMILES string of the molecule is c1ccc(-c2cnc(N3CCOCC3)[nH]2)cc1. The van der Waals surface area contributed by atoms with Crippen molar-refractivity contribution < 1.29 is 4.74 Å². The second-order valence-corrected chi connectivity index (χ2v) is 4.09. The van der Waals surface area contributed by atoms with E-state index in [1.165, 1.54) is 5.56 Å². The maximum atomic E-state index is 5.33. The first-order valence-corrected chi connectivity index (χ1v) is 5.86. The van der Waals surface area contributed by atoms with Gasteiger partial charge in [-0.1, -0.05) is 30.3 Å². The number of nitrogens with one attached hydrogen (secondary N) is 1. The van der Waals surface area contributed by atoms with Gasteiger partial charge >= 0.3 is 0 Å². The Morgan fingerprint density at radius 2 is 1.88 bits per heavy atom. The summed E-state index contributed by atoms with van der Waals surface area (Å²) < 4.78 is 5.33. The van der Waals surface area contributed by atoms with Crippen LogP contribution in [-0.2, 0) is 4.74 Å². The number of rotatable bonds is 2. The lowest BCUT2D eigenvalue weighted by Crippen LogP contribution is -2.36. The first-order valence-electron chi connectivity index (χ1n) is 5.86. The predicted octanol–water partition coefficient (Wildman–Crippen LogP) is 1.91. The van der Waals surface area contributed by atoms with Crippen LogP contribution in [-0.4, -0.2) is 36.3 Å². The van der Waals surface area contributed by atoms with E-state index in [-0.39, 0.29) is 0 Å². The summed E-state index contributed by atoms with van der Waals surface area (Å²) >= 11 is 0. The van der Waals surface area contributed by atoms with Crippen LogP contribution in [0.5, 0.6) is 0 Å². The molecule has 1 aliphatic heterocycles. The number of benzene rings is 1. The third-order valence-electron chi connectivity index (χ3n) is 2.96. The molecule has 1 aliphatic rings. The standard InChI is InChI=1S/C13H15N3O/c1-2-4-11(5-3-1)12-10-14-13(15-12)16-6-8-17-9-7-16/h1-5,10H,6-9H2,(H,14,15). The number of hydrogen-bond donors (Lipinski definition) is 1. The van der Waals surface area contributed by atoms with Gasteiger partial charge in [0.1, 0.15) is 0 Å². The van der Waals surface area contributed by atoms with Crippen molar-refractivity contribution in [1.29, 1.82) is 0 Å². The summed E-state index contributed by atoms with van der Waals surface area (Å²) in [5.41, 5.74) is 2.23. The maximum absolute atomic E-state index is 5.33. The van der Waals surface area contributed by atoms with Crippen LogP contribution >= 0.6 is 0 Å². The van der Waals surface area contributed by atoms with Crippen molar-refractivity contribution in [1.82, 2.24) is 9.97 Å². The number of H-pyrrole nitrogens is 1. The average Bonchev–Trinajstić information content (AvgIpc) is 2.90. The van der Waals surface area contributed by atoms with Gasteiger partial charge < -0.3 is 14.6 Å². The van der Waals surface area contributed by atoms with E-state index in [1.807, 2.05) is 24.4 Å². The zero-order chi connectivity index (χ0) is 11.5. The number of ether oxygens (including phenoxy) is 1. The van der Waals surface area contributed by atoms with E-state index in [2.05, 4.69) is 27.0 Å². The lowest BCUT2D eigenvalue weighted by atomic mass is 10.2. The van der Waals surface area contributed by atoms with Gasteiger partial charge in [-0.2, -0.15) is 0 Å². The summed E-state index contributed by atoms with van der Waals surface area (Å²) in [7, 11) is 0. The molecule has 88 valence electrons. The Kier molecular flexibility index (Phi) is 2.80. The molecule has 1 N–H and O–H groups in total. The molecule has 3 rings (SSSR count). The summed E-state index contributed by atoms with van der Waals surface area (Å²) in [6.07, 6.45) is 1.89. The van der Waals surface area contributed by atoms with Gasteiger partial charge in [-0.15, -0.1) is 0 Å². The predicted molar refractivity (Wildman–Crippen MR) is 67.1 cm³/mol. The number of aromatic nitrogens is 2. The van der Waals surface area contributed by atoms with Crippen LogP contribution in [0.2, 0.25) is 0 Å². The molecule has 1 aromatic heterocycles. The van der Waals surface area contributed by atoms with Gasteiger partial charge in [0.25, 0.3) is 0 Å². The molecule has 0 radical (unpaired) electrons. The highest BCUT2D eigenvalue weighted by Crippen LogP contribution is 2.20. The van der Waals surface area contributed by atoms with E-state index in [9.17, 15) is 0 Å². The first kappa shape index (κ1) is 10.4. The second-order valence-electron chi connectivity index (χ2n) is 4.09. The summed E-state index contributed by atoms with van der Waals surface area (Å²) in [5.74, 6) is 0.937. The fourth-order valence-electron chi connectivity index (χ4n) is 2.01. The number of anilines is 1. The zero-order valence-corrected chi connectivity index (χ0v) is 9.60. The number of aromatic amines is 1. The van der Waals surface area contributed by atoms with Crippen molar-refractivity contribution >= 4 is 5.95 Å². The van der Waals surface area contributed by atoms with Gasteiger partial charge in [0.2, 0.25) is 5.95 Å². The molecule has 2 heterocycles. The van der Waals surface area contributed by atoms with E-state index in [1.54, 1.807) is 0 Å². The van der Waals surface area contributed by atoms with Gasteiger partial charge in [0.15, 0.2) is 0 Å². The number of imidazole rings is 1. The quantitative estimate of drug-likeness (QED) is 0.855. The second kappa shape index (κ2) is 4.59. The molecule has 0 atom stereocenters. The molecule has 0 bridgehead atoms. The van der Waals surface area contributed by atoms with Crippen molar-refractivity contribution in [2.45, 2.75) is 0 Å². The molecule has 4 nitrogen and oxygen atoms in total. The highest BCUT2D eigenvalue weighted by atomic mass is 16.5.